The Morgan fingerprint density at radius 3 is 2.76 bits per heavy atom. The molecule has 17 heavy (non-hydrogen) atoms. The van der Waals surface area contributed by atoms with E-state index in [1.54, 1.807) is 18.6 Å². The number of nitriles is 1. The lowest BCUT2D eigenvalue weighted by Crippen LogP contribution is -2.45. The second kappa shape index (κ2) is 5.33. The third kappa shape index (κ3) is 3.57. The van der Waals surface area contributed by atoms with Gasteiger partial charge in [-0.05, 0) is 26.7 Å². The molecule has 0 radical (unpaired) electrons. The minimum Gasteiger partial charge on any atom is -0.446 e. The van der Waals surface area contributed by atoms with Crippen molar-refractivity contribution in [3.8, 4) is 6.07 Å². The van der Waals surface area contributed by atoms with Gasteiger partial charge in [0.05, 0.1) is 12.2 Å². The zero-order chi connectivity index (χ0) is 13.1. The van der Waals surface area contributed by atoms with E-state index in [2.05, 4.69) is 4.74 Å². The second-order valence-corrected chi connectivity index (χ2v) is 5.58. The first-order valence-electron chi connectivity index (χ1n) is 5.26. The van der Waals surface area contributed by atoms with E-state index < -0.39 is 28.4 Å². The van der Waals surface area contributed by atoms with Crippen molar-refractivity contribution in [1.29, 1.82) is 5.26 Å². The number of nitrogens with one attached hydrogen (secondary N) is 1. The number of hydrogen-bond donors (Lipinski definition) is 1. The van der Waals surface area contributed by atoms with Crippen LogP contribution in [0.3, 0.4) is 0 Å². The molecule has 7 nitrogen and oxygen atoms in total. The van der Waals surface area contributed by atoms with Crippen molar-refractivity contribution in [1.82, 2.24) is 9.03 Å². The zero-order valence-electron chi connectivity index (χ0n) is 9.71. The molecule has 1 fully saturated rings. The molecule has 8 heteroatoms. The summed E-state index contributed by atoms with van der Waals surface area (Å²) in [7, 11) is -3.98. The van der Waals surface area contributed by atoms with Gasteiger partial charge in [-0.2, -0.15) is 18.0 Å². The lowest BCUT2D eigenvalue weighted by molar-refractivity contribution is 0.121. The molecule has 1 heterocycles. The van der Waals surface area contributed by atoms with Crippen molar-refractivity contribution in [2.45, 2.75) is 38.8 Å². The van der Waals surface area contributed by atoms with Crippen LogP contribution in [0.4, 0.5) is 4.79 Å². The number of carbonyl (C=O) groups is 1. The van der Waals surface area contributed by atoms with Crippen molar-refractivity contribution in [2.75, 3.05) is 6.54 Å². The summed E-state index contributed by atoms with van der Waals surface area (Å²) in [5, 5.41) is 8.78. The number of amides is 1. The summed E-state index contributed by atoms with van der Waals surface area (Å²) >= 11 is 0. The summed E-state index contributed by atoms with van der Waals surface area (Å²) in [6.45, 7) is 3.46. The smallest absolute Gasteiger partial charge is 0.422 e. The van der Waals surface area contributed by atoms with E-state index in [1.807, 2.05) is 6.07 Å². The molecule has 0 aromatic carbocycles. The summed E-state index contributed by atoms with van der Waals surface area (Å²) in [6.07, 6.45) is -0.339. The van der Waals surface area contributed by atoms with Crippen LogP contribution in [0.15, 0.2) is 0 Å². The van der Waals surface area contributed by atoms with Gasteiger partial charge in [0.1, 0.15) is 6.04 Å². The van der Waals surface area contributed by atoms with Crippen molar-refractivity contribution in [3.05, 3.63) is 0 Å². The van der Waals surface area contributed by atoms with Gasteiger partial charge in [-0.25, -0.2) is 9.52 Å². The molecule has 1 atom stereocenters. The number of rotatable bonds is 3. The number of nitrogens with zero attached hydrogens (tertiary/aromatic N) is 2. The first kappa shape index (κ1) is 13.7. The molecule has 1 saturated heterocycles. The molecule has 0 aromatic rings. The van der Waals surface area contributed by atoms with Crippen molar-refractivity contribution >= 4 is 16.3 Å². The maximum absolute atomic E-state index is 11.8. The van der Waals surface area contributed by atoms with Crippen molar-refractivity contribution < 1.29 is 17.9 Å². The average Bonchev–Trinajstić information content (AvgIpc) is 2.62. The third-order valence-electron chi connectivity index (χ3n) is 2.22. The van der Waals surface area contributed by atoms with Crippen LogP contribution in [0.25, 0.3) is 0 Å². The SMILES string of the molecule is CC(C)OC(=O)NS(=O)(=O)N1CCCC1C#N. The van der Waals surface area contributed by atoms with Crippen LogP contribution < -0.4 is 4.72 Å². The molecule has 1 aliphatic rings. The van der Waals surface area contributed by atoms with Gasteiger partial charge in [0.2, 0.25) is 0 Å². The maximum Gasteiger partial charge on any atom is 0.422 e. The maximum atomic E-state index is 11.8. The highest BCUT2D eigenvalue weighted by atomic mass is 32.2. The highest BCUT2D eigenvalue weighted by Gasteiger charge is 2.35. The Morgan fingerprint density at radius 2 is 2.24 bits per heavy atom. The Labute approximate surface area is 101 Å². The van der Waals surface area contributed by atoms with Crippen LogP contribution in [0.1, 0.15) is 26.7 Å². The fourth-order valence-corrected chi connectivity index (χ4v) is 2.79. The van der Waals surface area contributed by atoms with Crippen molar-refractivity contribution in [3.63, 3.8) is 0 Å². The molecular weight excluding hydrogens is 246 g/mol. The van der Waals surface area contributed by atoms with Gasteiger partial charge in [0, 0.05) is 6.54 Å². The van der Waals surface area contributed by atoms with Crippen LogP contribution in [-0.4, -0.2) is 37.5 Å². The summed E-state index contributed by atoms with van der Waals surface area (Å²) < 4.78 is 31.0. The summed E-state index contributed by atoms with van der Waals surface area (Å²) in [4.78, 5) is 11.2. The molecule has 1 rings (SSSR count). The van der Waals surface area contributed by atoms with Gasteiger partial charge in [0.15, 0.2) is 0 Å². The van der Waals surface area contributed by atoms with Gasteiger partial charge in [-0.15, -0.1) is 0 Å². The first-order chi connectivity index (χ1) is 7.86. The minimum absolute atomic E-state index is 0.239. The van der Waals surface area contributed by atoms with Crippen molar-refractivity contribution in [2.24, 2.45) is 0 Å². The molecule has 1 N–H and O–H groups in total. The highest BCUT2D eigenvalue weighted by molar-refractivity contribution is 7.87. The molecule has 1 aliphatic heterocycles. The van der Waals surface area contributed by atoms with E-state index in [-0.39, 0.29) is 6.54 Å². The fourth-order valence-electron chi connectivity index (χ4n) is 1.56. The largest absolute Gasteiger partial charge is 0.446 e. The van der Waals surface area contributed by atoms with Gasteiger partial charge in [-0.3, -0.25) is 0 Å². The van der Waals surface area contributed by atoms with Crippen LogP contribution in [-0.2, 0) is 14.9 Å². The van der Waals surface area contributed by atoms with E-state index in [0.29, 0.717) is 12.8 Å². The van der Waals surface area contributed by atoms with Gasteiger partial charge in [-0.1, -0.05) is 0 Å². The second-order valence-electron chi connectivity index (χ2n) is 3.96. The summed E-state index contributed by atoms with van der Waals surface area (Å²) in [5.74, 6) is 0. The molecule has 0 aromatic heterocycles. The highest BCUT2D eigenvalue weighted by Crippen LogP contribution is 2.19. The van der Waals surface area contributed by atoms with E-state index in [4.69, 9.17) is 5.26 Å². The number of ether oxygens (including phenoxy) is 1. The zero-order valence-corrected chi connectivity index (χ0v) is 10.5. The Bertz CT molecular complexity index is 426. The first-order valence-corrected chi connectivity index (χ1v) is 6.70. The monoisotopic (exact) mass is 261 g/mol. The molecule has 1 amide bonds. The number of carbonyl (C=O) groups excluding carboxylic acids is 1. The standard InChI is InChI=1S/C9H15N3O4S/c1-7(2)16-9(13)11-17(14,15)12-5-3-4-8(12)6-10/h7-8H,3-5H2,1-2H3,(H,11,13). The molecule has 0 aliphatic carbocycles. The predicted molar refractivity (Wildman–Crippen MR) is 59.0 cm³/mol. The minimum atomic E-state index is -3.98. The van der Waals surface area contributed by atoms with Gasteiger partial charge in [0.25, 0.3) is 0 Å². The van der Waals surface area contributed by atoms with E-state index in [9.17, 15) is 13.2 Å². The number of hydrogen-bond acceptors (Lipinski definition) is 5. The molecule has 1 unspecified atom stereocenters. The van der Waals surface area contributed by atoms with E-state index in [0.717, 1.165) is 4.31 Å². The fraction of sp³-hybridized carbons (Fsp3) is 0.778. The molecule has 0 spiro atoms. The molecule has 0 bridgehead atoms. The van der Waals surface area contributed by atoms with E-state index in [1.165, 1.54) is 0 Å². The van der Waals surface area contributed by atoms with Crippen LogP contribution in [0, 0.1) is 11.3 Å². The topological polar surface area (TPSA) is 99.5 Å². The Morgan fingerprint density at radius 1 is 1.59 bits per heavy atom. The molecule has 96 valence electrons. The van der Waals surface area contributed by atoms with Crippen LogP contribution in [0.5, 0.6) is 0 Å². The molecular formula is C9H15N3O4S. The molecule has 0 saturated carbocycles. The van der Waals surface area contributed by atoms with Gasteiger partial charge >= 0.3 is 16.3 Å². The quantitative estimate of drug-likeness (QED) is 0.790. The summed E-state index contributed by atoms with van der Waals surface area (Å²) in [6, 6.07) is 1.18. The Balaban J connectivity index is 2.69. The lowest BCUT2D eigenvalue weighted by Gasteiger charge is -2.19. The third-order valence-corrected chi connectivity index (χ3v) is 3.70. The Kier molecular flexibility index (Phi) is 4.31. The van der Waals surface area contributed by atoms with Gasteiger partial charge < -0.3 is 4.74 Å². The predicted octanol–water partition coefficient (Wildman–Crippen LogP) is 0.354. The van der Waals surface area contributed by atoms with E-state index >= 15 is 0 Å². The lowest BCUT2D eigenvalue weighted by atomic mass is 10.2. The normalized spacial score (nSPS) is 21.2. The Hall–Kier alpha value is -1.33. The van der Waals surface area contributed by atoms with Crippen LogP contribution in [0.2, 0.25) is 0 Å². The average molecular weight is 261 g/mol. The van der Waals surface area contributed by atoms with Crippen LogP contribution >= 0.6 is 0 Å². The summed E-state index contributed by atoms with van der Waals surface area (Å²) in [5.41, 5.74) is 0.